The fraction of sp³-hybridized carbons (Fsp3) is 0.103. The van der Waals surface area contributed by atoms with Gasteiger partial charge < -0.3 is 10.2 Å². The Labute approximate surface area is 193 Å². The third kappa shape index (κ3) is 4.41. The van der Waals surface area contributed by atoms with Gasteiger partial charge in [-0.3, -0.25) is 9.59 Å². The summed E-state index contributed by atoms with van der Waals surface area (Å²) in [6.45, 7) is 0.666. The summed E-state index contributed by atoms with van der Waals surface area (Å²) >= 11 is 0. The summed E-state index contributed by atoms with van der Waals surface area (Å²) in [5.74, 6) is -0.192. The number of hydrogen-bond acceptors (Lipinski definition) is 2. The number of anilines is 2. The molecule has 0 radical (unpaired) electrons. The van der Waals surface area contributed by atoms with Gasteiger partial charge in [0.2, 0.25) is 0 Å². The molecule has 0 fully saturated rings. The highest BCUT2D eigenvalue weighted by atomic mass is 16.2. The van der Waals surface area contributed by atoms with E-state index in [1.165, 1.54) is 0 Å². The highest BCUT2D eigenvalue weighted by molar-refractivity contribution is 6.08. The van der Waals surface area contributed by atoms with Gasteiger partial charge in [0.15, 0.2) is 0 Å². The number of nitrogens with zero attached hydrogens (tertiary/aromatic N) is 1. The fourth-order valence-corrected chi connectivity index (χ4v) is 4.25. The van der Waals surface area contributed by atoms with Gasteiger partial charge in [-0.25, -0.2) is 0 Å². The van der Waals surface area contributed by atoms with Crippen molar-refractivity contribution < 1.29 is 9.59 Å². The summed E-state index contributed by atoms with van der Waals surface area (Å²) < 4.78 is 0. The Bertz CT molecular complexity index is 1280. The number of benzene rings is 4. The minimum absolute atomic E-state index is 0.0171. The zero-order valence-electron chi connectivity index (χ0n) is 18.2. The summed E-state index contributed by atoms with van der Waals surface area (Å²) in [4.78, 5) is 27.8. The van der Waals surface area contributed by atoms with E-state index in [-0.39, 0.29) is 11.8 Å². The van der Waals surface area contributed by atoms with E-state index in [4.69, 9.17) is 0 Å². The SMILES string of the molecule is O=C(Nc1ccc2c(c1)N(C(=O)c1ccccc1)CCC2)c1ccc(-c2ccccc2)cc1. The molecule has 1 aliphatic heterocycles. The molecule has 1 N–H and O–H groups in total. The molecule has 5 rings (SSSR count). The van der Waals surface area contributed by atoms with E-state index in [1.54, 1.807) is 0 Å². The first-order chi connectivity index (χ1) is 16.2. The minimum atomic E-state index is -0.175. The lowest BCUT2D eigenvalue weighted by atomic mass is 10.00. The van der Waals surface area contributed by atoms with E-state index in [1.807, 2.05) is 108 Å². The lowest BCUT2D eigenvalue weighted by Gasteiger charge is -2.30. The second kappa shape index (κ2) is 9.13. The van der Waals surface area contributed by atoms with Gasteiger partial charge in [0, 0.05) is 29.0 Å². The number of nitrogens with one attached hydrogen (secondary N) is 1. The summed E-state index contributed by atoms with van der Waals surface area (Å²) in [6.07, 6.45) is 1.84. The number of carbonyl (C=O) groups excluding carboxylic acids is 2. The van der Waals surface area contributed by atoms with Crippen molar-refractivity contribution in [3.63, 3.8) is 0 Å². The third-order valence-corrected chi connectivity index (χ3v) is 5.98. The van der Waals surface area contributed by atoms with E-state index in [0.29, 0.717) is 23.4 Å². The lowest BCUT2D eigenvalue weighted by Crippen LogP contribution is -2.35. The van der Waals surface area contributed by atoms with Crippen molar-refractivity contribution >= 4 is 23.2 Å². The van der Waals surface area contributed by atoms with Crippen LogP contribution in [0.3, 0.4) is 0 Å². The Morgan fingerprint density at radius 3 is 2.09 bits per heavy atom. The first-order valence-corrected chi connectivity index (χ1v) is 11.2. The first kappa shape index (κ1) is 20.7. The van der Waals surface area contributed by atoms with E-state index < -0.39 is 0 Å². The van der Waals surface area contributed by atoms with Crippen molar-refractivity contribution in [1.29, 1.82) is 0 Å². The Morgan fingerprint density at radius 1 is 0.697 bits per heavy atom. The van der Waals surface area contributed by atoms with Crippen molar-refractivity contribution in [2.45, 2.75) is 12.8 Å². The van der Waals surface area contributed by atoms with Gasteiger partial charge in [-0.1, -0.05) is 66.7 Å². The van der Waals surface area contributed by atoms with Crippen LogP contribution in [0.4, 0.5) is 11.4 Å². The molecule has 4 aromatic carbocycles. The number of carbonyl (C=O) groups is 2. The predicted molar refractivity (Wildman–Crippen MR) is 133 cm³/mol. The van der Waals surface area contributed by atoms with Crippen LogP contribution in [0, 0.1) is 0 Å². The Hall–Kier alpha value is -4.18. The average Bonchev–Trinajstić information content (AvgIpc) is 2.89. The van der Waals surface area contributed by atoms with Crippen LogP contribution in [0.1, 0.15) is 32.7 Å². The van der Waals surface area contributed by atoms with Crippen molar-refractivity contribution in [2.24, 2.45) is 0 Å². The molecule has 4 aromatic rings. The first-order valence-electron chi connectivity index (χ1n) is 11.2. The molecular weight excluding hydrogens is 408 g/mol. The Balaban J connectivity index is 1.35. The second-order valence-electron chi connectivity index (χ2n) is 8.17. The van der Waals surface area contributed by atoms with Crippen LogP contribution in [-0.4, -0.2) is 18.4 Å². The minimum Gasteiger partial charge on any atom is -0.322 e. The smallest absolute Gasteiger partial charge is 0.258 e. The molecule has 2 amide bonds. The van der Waals surface area contributed by atoms with Crippen LogP contribution < -0.4 is 10.2 Å². The van der Waals surface area contributed by atoms with E-state index >= 15 is 0 Å². The molecule has 1 heterocycles. The molecule has 1 aliphatic rings. The van der Waals surface area contributed by atoms with Gasteiger partial charge in [0.1, 0.15) is 0 Å². The van der Waals surface area contributed by atoms with E-state index in [0.717, 1.165) is 35.2 Å². The molecule has 0 aromatic heterocycles. The van der Waals surface area contributed by atoms with Crippen molar-refractivity contribution in [3.05, 3.63) is 120 Å². The number of fused-ring (bicyclic) bond motifs is 1. The maximum atomic E-state index is 13.1. The van der Waals surface area contributed by atoms with Gasteiger partial charge in [0.05, 0.1) is 0 Å². The molecule has 0 spiro atoms. The normalized spacial score (nSPS) is 12.7. The molecule has 0 unspecified atom stereocenters. The summed E-state index contributed by atoms with van der Waals surface area (Å²) in [7, 11) is 0. The molecule has 0 bridgehead atoms. The Kier molecular flexibility index (Phi) is 5.73. The second-order valence-corrected chi connectivity index (χ2v) is 8.17. The van der Waals surface area contributed by atoms with E-state index in [2.05, 4.69) is 5.32 Å². The fourth-order valence-electron chi connectivity index (χ4n) is 4.25. The highest BCUT2D eigenvalue weighted by Crippen LogP contribution is 2.31. The molecular formula is C29H24N2O2. The van der Waals surface area contributed by atoms with Crippen LogP contribution >= 0.6 is 0 Å². The molecule has 33 heavy (non-hydrogen) atoms. The topological polar surface area (TPSA) is 49.4 Å². The highest BCUT2D eigenvalue weighted by Gasteiger charge is 2.24. The molecule has 0 atom stereocenters. The number of amides is 2. The van der Waals surface area contributed by atoms with Gasteiger partial charge in [-0.2, -0.15) is 0 Å². The van der Waals surface area contributed by atoms with Crippen LogP contribution in [0.5, 0.6) is 0 Å². The summed E-state index contributed by atoms with van der Waals surface area (Å²) in [6, 6.07) is 32.8. The zero-order valence-corrected chi connectivity index (χ0v) is 18.2. The Morgan fingerprint density at radius 2 is 1.36 bits per heavy atom. The van der Waals surface area contributed by atoms with Crippen LogP contribution in [0.25, 0.3) is 11.1 Å². The average molecular weight is 433 g/mol. The number of rotatable bonds is 4. The van der Waals surface area contributed by atoms with Gasteiger partial charge >= 0.3 is 0 Å². The number of aryl methyl sites for hydroxylation is 1. The molecule has 4 nitrogen and oxygen atoms in total. The maximum absolute atomic E-state index is 13.1. The lowest BCUT2D eigenvalue weighted by molar-refractivity contribution is 0.0984. The number of hydrogen-bond donors (Lipinski definition) is 1. The summed E-state index contributed by atoms with van der Waals surface area (Å²) in [5, 5.41) is 2.99. The molecule has 0 saturated carbocycles. The van der Waals surface area contributed by atoms with Gasteiger partial charge in [-0.05, 0) is 65.9 Å². The largest absolute Gasteiger partial charge is 0.322 e. The molecule has 162 valence electrons. The van der Waals surface area contributed by atoms with Gasteiger partial charge in [-0.15, -0.1) is 0 Å². The molecule has 0 saturated heterocycles. The zero-order chi connectivity index (χ0) is 22.6. The molecule has 4 heteroatoms. The standard InChI is InChI=1S/C29H24N2O2/c32-28(24-15-13-22(14-16-24)21-8-3-1-4-9-21)30-26-18-17-23-12-7-19-31(27(23)20-26)29(33)25-10-5-2-6-11-25/h1-6,8-11,13-18,20H,7,12,19H2,(H,30,32). The van der Waals surface area contributed by atoms with Crippen LogP contribution in [0.2, 0.25) is 0 Å². The maximum Gasteiger partial charge on any atom is 0.258 e. The monoisotopic (exact) mass is 432 g/mol. The third-order valence-electron chi connectivity index (χ3n) is 5.98. The summed E-state index contributed by atoms with van der Waals surface area (Å²) in [5.41, 5.74) is 6.10. The van der Waals surface area contributed by atoms with Crippen LogP contribution in [0.15, 0.2) is 103 Å². The van der Waals surface area contributed by atoms with Crippen molar-refractivity contribution in [3.8, 4) is 11.1 Å². The van der Waals surface area contributed by atoms with Crippen LogP contribution in [-0.2, 0) is 6.42 Å². The predicted octanol–water partition coefficient (Wildman–Crippen LogP) is 6.20. The van der Waals surface area contributed by atoms with Gasteiger partial charge in [0.25, 0.3) is 11.8 Å². The molecule has 0 aliphatic carbocycles. The van der Waals surface area contributed by atoms with E-state index in [9.17, 15) is 9.59 Å². The van der Waals surface area contributed by atoms with Crippen molar-refractivity contribution in [1.82, 2.24) is 0 Å². The quantitative estimate of drug-likeness (QED) is 0.417. The van der Waals surface area contributed by atoms with Crippen molar-refractivity contribution in [2.75, 3.05) is 16.8 Å².